The summed E-state index contributed by atoms with van der Waals surface area (Å²) in [7, 11) is 0. The molecular weight excluding hydrogens is 205 g/mol. The van der Waals surface area contributed by atoms with Crippen molar-refractivity contribution in [2.24, 2.45) is 5.73 Å². The molecule has 0 aliphatic carbocycles. The maximum absolute atomic E-state index is 12.4. The van der Waals surface area contributed by atoms with Gasteiger partial charge in [0.05, 0.1) is 5.69 Å². The van der Waals surface area contributed by atoms with E-state index in [0.29, 0.717) is 0 Å². The van der Waals surface area contributed by atoms with E-state index in [1.165, 1.54) is 0 Å². The molecule has 1 heterocycles. The minimum Gasteiger partial charge on any atom is -0.325 e. The molecule has 2 aromatic rings. The van der Waals surface area contributed by atoms with E-state index in [1.54, 1.807) is 0 Å². The van der Waals surface area contributed by atoms with Crippen molar-refractivity contribution >= 4 is 0 Å². The van der Waals surface area contributed by atoms with Crippen molar-refractivity contribution in [1.82, 2.24) is 9.78 Å². The van der Waals surface area contributed by atoms with Crippen molar-refractivity contribution in [2.75, 3.05) is 6.67 Å². The summed E-state index contributed by atoms with van der Waals surface area (Å²) in [5, 5.41) is 3.01. The minimum absolute atomic E-state index is 0.0407. The van der Waals surface area contributed by atoms with Gasteiger partial charge in [-0.3, -0.25) is 4.68 Å². The second kappa shape index (κ2) is 4.53. The second-order valence-corrected chi connectivity index (χ2v) is 4.01. The third-order valence-electron chi connectivity index (χ3n) is 2.95. The van der Waals surface area contributed by atoms with Gasteiger partial charge in [0.15, 0.2) is 0 Å². The molecule has 0 saturated carbocycles. The molecule has 0 aliphatic heterocycles. The molecule has 0 spiro atoms. The average molecular weight is 221 g/mol. The first-order chi connectivity index (χ1) is 7.72. The number of nitrogens with zero attached hydrogens (tertiary/aromatic N) is 1. The van der Waals surface area contributed by atoms with Crippen molar-refractivity contribution in [2.45, 2.75) is 18.9 Å². The first-order valence-corrected chi connectivity index (χ1v) is 5.36. The summed E-state index contributed by atoms with van der Waals surface area (Å²) in [5.41, 5.74) is 7.81. The van der Waals surface area contributed by atoms with E-state index in [-0.39, 0.29) is 5.92 Å². The van der Waals surface area contributed by atoms with Crippen LogP contribution in [0.1, 0.15) is 18.4 Å². The zero-order valence-electron chi connectivity index (χ0n) is 9.23. The SMILES string of the molecule is CC(c1ccc(-n2cc[nH]2)cc1)C(N)CF. The number of aromatic nitrogens is 2. The Morgan fingerprint density at radius 1 is 1.38 bits per heavy atom. The van der Waals surface area contributed by atoms with Crippen LogP contribution in [0.5, 0.6) is 0 Å². The fourth-order valence-corrected chi connectivity index (χ4v) is 1.63. The van der Waals surface area contributed by atoms with Crippen LogP contribution in [0.25, 0.3) is 5.69 Å². The highest BCUT2D eigenvalue weighted by Crippen LogP contribution is 2.20. The van der Waals surface area contributed by atoms with Gasteiger partial charge in [0.25, 0.3) is 0 Å². The summed E-state index contributed by atoms with van der Waals surface area (Å²) < 4.78 is 14.3. The van der Waals surface area contributed by atoms with Gasteiger partial charge in [0, 0.05) is 18.4 Å². The number of rotatable bonds is 4. The fourth-order valence-electron chi connectivity index (χ4n) is 1.63. The van der Waals surface area contributed by atoms with Crippen LogP contribution in [0.15, 0.2) is 36.7 Å². The number of alkyl halides is 1. The Hall–Kier alpha value is -1.55. The van der Waals surface area contributed by atoms with Crippen molar-refractivity contribution in [1.29, 1.82) is 0 Å². The van der Waals surface area contributed by atoms with E-state index in [2.05, 4.69) is 5.10 Å². The highest BCUT2D eigenvalue weighted by molar-refractivity contribution is 5.35. The van der Waals surface area contributed by atoms with Crippen molar-refractivity contribution in [3.63, 3.8) is 0 Å². The van der Waals surface area contributed by atoms with Crippen LogP contribution in [0, 0.1) is 0 Å². The molecule has 0 bridgehead atoms. The lowest BCUT2D eigenvalue weighted by Crippen LogP contribution is -2.28. The highest BCUT2D eigenvalue weighted by Gasteiger charge is 2.14. The Kier molecular flexibility index (Phi) is 3.10. The second-order valence-electron chi connectivity index (χ2n) is 4.01. The molecule has 4 heteroatoms. The van der Waals surface area contributed by atoms with Gasteiger partial charge in [0.1, 0.15) is 6.67 Å². The predicted molar refractivity (Wildman–Crippen MR) is 62.5 cm³/mol. The van der Waals surface area contributed by atoms with Crippen LogP contribution in [-0.4, -0.2) is 22.5 Å². The van der Waals surface area contributed by atoms with Crippen molar-refractivity contribution in [3.8, 4) is 5.69 Å². The molecule has 16 heavy (non-hydrogen) atoms. The van der Waals surface area contributed by atoms with Crippen LogP contribution in [-0.2, 0) is 0 Å². The summed E-state index contributed by atoms with van der Waals surface area (Å²) in [6.07, 6.45) is 3.79. The molecule has 0 saturated heterocycles. The van der Waals surface area contributed by atoms with Gasteiger partial charge in [-0.25, -0.2) is 4.39 Å². The van der Waals surface area contributed by atoms with Gasteiger partial charge in [0.2, 0.25) is 0 Å². The Balaban J connectivity index is 2.14. The van der Waals surface area contributed by atoms with Gasteiger partial charge in [-0.2, -0.15) is 0 Å². The van der Waals surface area contributed by atoms with E-state index in [4.69, 9.17) is 5.73 Å². The molecule has 3 N–H and O–H groups in total. The number of hydrogen-bond acceptors (Lipinski definition) is 1. The molecule has 1 aromatic carbocycles. The topological polar surface area (TPSA) is 46.7 Å². The smallest absolute Gasteiger partial charge is 0.105 e. The first kappa shape index (κ1) is 11.0. The van der Waals surface area contributed by atoms with Gasteiger partial charge in [-0.15, -0.1) is 0 Å². The molecule has 2 atom stereocenters. The van der Waals surface area contributed by atoms with Gasteiger partial charge >= 0.3 is 0 Å². The van der Waals surface area contributed by atoms with E-state index in [9.17, 15) is 4.39 Å². The van der Waals surface area contributed by atoms with Gasteiger partial charge < -0.3 is 10.8 Å². The summed E-state index contributed by atoms with van der Waals surface area (Å²) in [4.78, 5) is 0. The average Bonchev–Trinajstić information content (AvgIpc) is 2.26. The monoisotopic (exact) mass is 221 g/mol. The van der Waals surface area contributed by atoms with Crippen LogP contribution in [0.3, 0.4) is 0 Å². The van der Waals surface area contributed by atoms with Crippen molar-refractivity contribution in [3.05, 3.63) is 42.2 Å². The molecule has 3 nitrogen and oxygen atoms in total. The summed E-state index contributed by atoms with van der Waals surface area (Å²) in [5.74, 6) is 0.0407. The van der Waals surface area contributed by atoms with Crippen LogP contribution >= 0.6 is 0 Å². The molecule has 1 aromatic heterocycles. The van der Waals surface area contributed by atoms with E-state index in [0.717, 1.165) is 11.3 Å². The molecule has 0 radical (unpaired) electrons. The summed E-state index contributed by atoms with van der Waals surface area (Å²) in [6.45, 7) is 1.46. The Bertz CT molecular complexity index is 420. The maximum Gasteiger partial charge on any atom is 0.105 e. The quantitative estimate of drug-likeness (QED) is 0.817. The van der Waals surface area contributed by atoms with E-state index < -0.39 is 12.7 Å². The summed E-state index contributed by atoms with van der Waals surface area (Å²) >= 11 is 0. The number of halogens is 1. The lowest BCUT2D eigenvalue weighted by Gasteiger charge is -2.18. The zero-order chi connectivity index (χ0) is 11.5. The standard InChI is InChI=1S/C12H16FN3/c1-9(12(14)8-13)10-2-4-11(5-3-10)16-7-6-15-16/h2-7,9,12,15H,8,14H2,1H3. The third-order valence-corrected chi connectivity index (χ3v) is 2.95. The zero-order valence-corrected chi connectivity index (χ0v) is 9.23. The Labute approximate surface area is 94.1 Å². The normalized spacial score (nSPS) is 14.9. The molecule has 2 unspecified atom stereocenters. The number of nitrogens with two attached hydrogens (primary N) is 1. The number of hydrogen-bond donors (Lipinski definition) is 2. The maximum atomic E-state index is 12.4. The molecular formula is C12H16FN3. The molecule has 0 amide bonds. The third kappa shape index (κ3) is 2.02. The number of H-pyrrole nitrogens is 1. The molecule has 86 valence electrons. The largest absolute Gasteiger partial charge is 0.325 e. The predicted octanol–water partition coefficient (Wildman–Crippen LogP) is 2.21. The Morgan fingerprint density at radius 2 is 2.00 bits per heavy atom. The molecule has 2 rings (SSSR count). The highest BCUT2D eigenvalue weighted by atomic mass is 19.1. The Morgan fingerprint density at radius 3 is 2.44 bits per heavy atom. The minimum atomic E-state index is -0.487. The summed E-state index contributed by atoms with van der Waals surface area (Å²) in [6, 6.07) is 7.54. The van der Waals surface area contributed by atoms with Crippen LogP contribution < -0.4 is 5.73 Å². The molecule has 0 aliphatic rings. The lowest BCUT2D eigenvalue weighted by atomic mass is 9.94. The first-order valence-electron chi connectivity index (χ1n) is 5.36. The fraction of sp³-hybridized carbons (Fsp3) is 0.333. The van der Waals surface area contributed by atoms with E-state index in [1.807, 2.05) is 48.3 Å². The van der Waals surface area contributed by atoms with Crippen LogP contribution in [0.2, 0.25) is 0 Å². The van der Waals surface area contributed by atoms with Crippen LogP contribution in [0.4, 0.5) is 4.39 Å². The van der Waals surface area contributed by atoms with Gasteiger partial charge in [-0.05, 0) is 23.6 Å². The lowest BCUT2D eigenvalue weighted by molar-refractivity contribution is 0.396. The number of aromatic amines is 1. The number of nitrogens with one attached hydrogen (secondary N) is 1. The van der Waals surface area contributed by atoms with Gasteiger partial charge in [-0.1, -0.05) is 19.1 Å². The van der Waals surface area contributed by atoms with Crippen molar-refractivity contribution < 1.29 is 4.39 Å². The molecule has 0 fully saturated rings. The number of benzene rings is 1. The van der Waals surface area contributed by atoms with E-state index >= 15 is 0 Å².